The molecule has 2 bridgehead atoms. The van der Waals surface area contributed by atoms with Crippen molar-refractivity contribution in [3.05, 3.63) is 29.8 Å². The van der Waals surface area contributed by atoms with Gasteiger partial charge in [-0.1, -0.05) is 26.0 Å². The summed E-state index contributed by atoms with van der Waals surface area (Å²) in [6, 6.07) is 8.24. The minimum absolute atomic E-state index is 0.0607. The van der Waals surface area contributed by atoms with Crippen molar-refractivity contribution in [1.82, 2.24) is 0 Å². The summed E-state index contributed by atoms with van der Waals surface area (Å²) in [5.41, 5.74) is 1.43. The Hall–Kier alpha value is -0.960. The molecular formula is C18H24O2S. The Balaban J connectivity index is 1.63. The Morgan fingerprint density at radius 1 is 1.29 bits per heavy atom. The summed E-state index contributed by atoms with van der Waals surface area (Å²) in [4.78, 5) is 12.5. The number of benzene rings is 1. The molecule has 0 amide bonds. The quantitative estimate of drug-likeness (QED) is 0.810. The molecule has 2 fully saturated rings. The van der Waals surface area contributed by atoms with Crippen molar-refractivity contribution in [3.8, 4) is 5.75 Å². The largest absolute Gasteiger partial charge is 0.497 e. The van der Waals surface area contributed by atoms with E-state index < -0.39 is 0 Å². The first kappa shape index (κ1) is 15.0. The third-order valence-corrected chi connectivity index (χ3v) is 7.15. The number of rotatable bonds is 5. The average Bonchev–Trinajstić information content (AvgIpc) is 2.82. The van der Waals surface area contributed by atoms with Crippen molar-refractivity contribution >= 4 is 17.5 Å². The second-order valence-electron chi connectivity index (χ2n) is 7.01. The first-order chi connectivity index (χ1) is 9.99. The lowest BCUT2D eigenvalue weighted by Gasteiger charge is -2.36. The van der Waals surface area contributed by atoms with Crippen LogP contribution in [-0.2, 0) is 10.5 Å². The van der Waals surface area contributed by atoms with Gasteiger partial charge in [0.15, 0.2) is 0 Å². The fraction of sp³-hybridized carbons (Fsp3) is 0.611. The number of hydrogen-bond acceptors (Lipinski definition) is 3. The summed E-state index contributed by atoms with van der Waals surface area (Å²) >= 11 is 1.91. The summed E-state index contributed by atoms with van der Waals surface area (Å²) in [6.07, 6.45) is 3.15. The molecule has 0 aliphatic heterocycles. The number of hydrogen-bond donors (Lipinski definition) is 0. The molecule has 0 heterocycles. The van der Waals surface area contributed by atoms with Crippen molar-refractivity contribution in [2.75, 3.05) is 12.9 Å². The maximum atomic E-state index is 12.5. The summed E-state index contributed by atoms with van der Waals surface area (Å²) in [6.45, 7) is 4.62. The zero-order chi connectivity index (χ0) is 15.1. The number of carbonyl (C=O) groups is 1. The molecule has 2 aliphatic rings. The third-order valence-electron chi connectivity index (χ3n) is 5.92. The van der Waals surface area contributed by atoms with Gasteiger partial charge in [0.1, 0.15) is 11.5 Å². The van der Waals surface area contributed by atoms with E-state index in [0.717, 1.165) is 30.1 Å². The fourth-order valence-electron chi connectivity index (χ4n) is 4.17. The van der Waals surface area contributed by atoms with Gasteiger partial charge in [0.2, 0.25) is 0 Å². The van der Waals surface area contributed by atoms with Gasteiger partial charge in [-0.15, -0.1) is 0 Å². The molecule has 1 aromatic carbocycles. The molecule has 2 aliphatic carbocycles. The number of methoxy groups -OCH3 is 1. The molecule has 0 saturated heterocycles. The van der Waals surface area contributed by atoms with Gasteiger partial charge in [0.05, 0.1) is 7.11 Å². The molecule has 2 nitrogen and oxygen atoms in total. The van der Waals surface area contributed by atoms with Gasteiger partial charge in [-0.25, -0.2) is 0 Å². The lowest BCUT2D eigenvalue weighted by molar-refractivity contribution is -0.127. The third kappa shape index (κ3) is 2.30. The molecular weight excluding hydrogens is 280 g/mol. The smallest absolute Gasteiger partial charge is 0.140 e. The van der Waals surface area contributed by atoms with E-state index in [9.17, 15) is 4.79 Å². The lowest BCUT2D eigenvalue weighted by atomic mass is 9.70. The van der Waals surface area contributed by atoms with Crippen LogP contribution in [0, 0.1) is 16.7 Å². The van der Waals surface area contributed by atoms with Gasteiger partial charge in [0, 0.05) is 23.3 Å². The maximum absolute atomic E-state index is 12.5. The number of thioether (sulfide) groups is 1. The number of carbonyl (C=O) groups excluding carboxylic acids is 1. The van der Waals surface area contributed by atoms with Crippen molar-refractivity contribution in [1.29, 1.82) is 0 Å². The minimum Gasteiger partial charge on any atom is -0.497 e. The van der Waals surface area contributed by atoms with Crippen molar-refractivity contribution < 1.29 is 9.53 Å². The van der Waals surface area contributed by atoms with Crippen LogP contribution in [0.25, 0.3) is 0 Å². The highest BCUT2D eigenvalue weighted by atomic mass is 32.2. The van der Waals surface area contributed by atoms with E-state index in [1.54, 1.807) is 7.11 Å². The Bertz CT molecular complexity index is 535. The van der Waals surface area contributed by atoms with Crippen LogP contribution in [0.3, 0.4) is 0 Å². The zero-order valence-electron chi connectivity index (χ0n) is 13.1. The Morgan fingerprint density at radius 3 is 2.52 bits per heavy atom. The van der Waals surface area contributed by atoms with E-state index in [1.807, 2.05) is 23.9 Å². The highest BCUT2D eigenvalue weighted by Gasteiger charge is 2.63. The molecule has 0 aromatic heterocycles. The first-order valence-corrected chi connectivity index (χ1v) is 8.89. The van der Waals surface area contributed by atoms with Gasteiger partial charge < -0.3 is 4.74 Å². The normalized spacial score (nSPS) is 29.9. The number of Topliss-reactive ketones (excluding diaryl/α,β-unsaturated/α-hetero) is 1. The molecule has 0 radical (unpaired) electrons. The second-order valence-corrected chi connectivity index (χ2v) is 7.99. The molecule has 3 rings (SSSR count). The Kier molecular flexibility index (Phi) is 3.81. The average molecular weight is 304 g/mol. The summed E-state index contributed by atoms with van der Waals surface area (Å²) in [5.74, 6) is 3.98. The molecule has 2 atom stereocenters. The van der Waals surface area contributed by atoms with Crippen molar-refractivity contribution in [2.45, 2.75) is 38.9 Å². The van der Waals surface area contributed by atoms with E-state index in [1.165, 1.54) is 12.0 Å². The van der Waals surface area contributed by atoms with E-state index in [-0.39, 0.29) is 10.8 Å². The summed E-state index contributed by atoms with van der Waals surface area (Å²) in [7, 11) is 1.69. The summed E-state index contributed by atoms with van der Waals surface area (Å²) < 4.78 is 5.18. The monoisotopic (exact) mass is 304 g/mol. The van der Waals surface area contributed by atoms with Gasteiger partial charge in [-0.05, 0) is 41.9 Å². The first-order valence-electron chi connectivity index (χ1n) is 7.73. The fourth-order valence-corrected chi connectivity index (χ4v) is 5.73. The van der Waals surface area contributed by atoms with Gasteiger partial charge in [-0.2, -0.15) is 11.8 Å². The van der Waals surface area contributed by atoms with Gasteiger partial charge in [-0.3, -0.25) is 4.79 Å². The molecule has 2 unspecified atom stereocenters. The standard InChI is InChI=1S/C18H24O2S/c1-17(2)14-8-9-18(17,16(19)10-14)12-21-11-13-4-6-15(20-3)7-5-13/h4-7,14H,8-12H2,1-3H3. The van der Waals surface area contributed by atoms with Crippen molar-refractivity contribution in [2.24, 2.45) is 16.7 Å². The lowest BCUT2D eigenvalue weighted by Crippen LogP contribution is -2.38. The predicted octanol–water partition coefficient (Wildman–Crippen LogP) is 4.32. The molecule has 0 N–H and O–H groups in total. The van der Waals surface area contributed by atoms with E-state index in [4.69, 9.17) is 4.74 Å². The molecule has 1 aromatic rings. The molecule has 3 heteroatoms. The van der Waals surface area contributed by atoms with Crippen LogP contribution in [-0.4, -0.2) is 18.6 Å². The van der Waals surface area contributed by atoms with E-state index in [0.29, 0.717) is 11.7 Å². The maximum Gasteiger partial charge on any atom is 0.140 e. The van der Waals surface area contributed by atoms with E-state index >= 15 is 0 Å². The molecule has 21 heavy (non-hydrogen) atoms. The molecule has 2 saturated carbocycles. The number of ketones is 1. The van der Waals surface area contributed by atoms with Crippen LogP contribution in [0.4, 0.5) is 0 Å². The molecule has 114 valence electrons. The highest BCUT2D eigenvalue weighted by molar-refractivity contribution is 7.98. The van der Waals surface area contributed by atoms with Crippen LogP contribution in [0.15, 0.2) is 24.3 Å². The summed E-state index contributed by atoms with van der Waals surface area (Å²) in [5, 5.41) is 0. The SMILES string of the molecule is COc1ccc(CSCC23CCC(CC2=O)C3(C)C)cc1. The Morgan fingerprint density at radius 2 is 2.00 bits per heavy atom. The van der Waals surface area contributed by atoms with Crippen LogP contribution in [0.2, 0.25) is 0 Å². The Labute approximate surface area is 131 Å². The predicted molar refractivity (Wildman–Crippen MR) is 87.7 cm³/mol. The van der Waals surface area contributed by atoms with Crippen LogP contribution >= 0.6 is 11.8 Å². The van der Waals surface area contributed by atoms with Crippen LogP contribution in [0.1, 0.15) is 38.7 Å². The van der Waals surface area contributed by atoms with Crippen LogP contribution < -0.4 is 4.74 Å². The van der Waals surface area contributed by atoms with Gasteiger partial charge in [0.25, 0.3) is 0 Å². The zero-order valence-corrected chi connectivity index (χ0v) is 14.0. The van der Waals surface area contributed by atoms with Crippen molar-refractivity contribution in [3.63, 3.8) is 0 Å². The van der Waals surface area contributed by atoms with E-state index in [2.05, 4.69) is 26.0 Å². The molecule has 0 spiro atoms. The topological polar surface area (TPSA) is 26.3 Å². The minimum atomic E-state index is -0.0607. The number of fused-ring (bicyclic) bond motifs is 2. The van der Waals surface area contributed by atoms with Gasteiger partial charge >= 0.3 is 0 Å². The highest BCUT2D eigenvalue weighted by Crippen LogP contribution is 2.64. The number of ether oxygens (including phenoxy) is 1. The second kappa shape index (κ2) is 5.35. The van der Waals surface area contributed by atoms with Crippen LogP contribution in [0.5, 0.6) is 5.75 Å².